The van der Waals surface area contributed by atoms with Crippen molar-refractivity contribution < 1.29 is 9.84 Å². The van der Waals surface area contributed by atoms with E-state index in [9.17, 15) is 0 Å². The van der Waals surface area contributed by atoms with Gasteiger partial charge >= 0.3 is 0 Å². The number of aryl methyl sites for hydroxylation is 1. The summed E-state index contributed by atoms with van der Waals surface area (Å²) in [5.74, 6) is 0. The number of aliphatic hydroxyl groups excluding tert-OH is 1. The van der Waals surface area contributed by atoms with Crippen LogP contribution in [0.15, 0.2) is 18.2 Å². The average molecular weight is 210 g/mol. The van der Waals surface area contributed by atoms with E-state index in [1.807, 2.05) is 25.1 Å². The largest absolute Gasteiger partial charge is 0.399 e. The van der Waals surface area contributed by atoms with Crippen LogP contribution in [0.3, 0.4) is 0 Å². The average Bonchev–Trinajstić information content (AvgIpc) is 2.23. The summed E-state index contributed by atoms with van der Waals surface area (Å²) in [6, 6.07) is 5.82. The molecule has 0 bridgehead atoms. The Morgan fingerprint density at radius 1 is 1.40 bits per heavy atom. The third-order valence-corrected chi connectivity index (χ3v) is 2.08. The van der Waals surface area contributed by atoms with E-state index < -0.39 is 0 Å². The fourth-order valence-corrected chi connectivity index (χ4v) is 1.22. The number of aliphatic hydroxyl groups is 1. The highest BCUT2D eigenvalue weighted by molar-refractivity contribution is 5.56. The minimum absolute atomic E-state index is 0.0704. The maximum Gasteiger partial charge on any atom is 0.0698 e. The highest BCUT2D eigenvalue weighted by Gasteiger charge is 1.95. The number of nitrogens with two attached hydrogens (primary N) is 1. The molecular formula is C11H18N2O2. The lowest BCUT2D eigenvalue weighted by Gasteiger charge is -2.08. The summed E-state index contributed by atoms with van der Waals surface area (Å²) in [6.07, 6.45) is 0. The Morgan fingerprint density at radius 3 is 2.87 bits per heavy atom. The highest BCUT2D eigenvalue weighted by Crippen LogP contribution is 2.15. The smallest absolute Gasteiger partial charge is 0.0698 e. The molecule has 0 spiro atoms. The normalized spacial score (nSPS) is 10.3. The monoisotopic (exact) mass is 210 g/mol. The maximum atomic E-state index is 8.49. The molecule has 0 unspecified atom stereocenters. The third-order valence-electron chi connectivity index (χ3n) is 2.08. The van der Waals surface area contributed by atoms with Gasteiger partial charge in [0.2, 0.25) is 0 Å². The van der Waals surface area contributed by atoms with Crippen molar-refractivity contribution in [3.8, 4) is 0 Å². The molecule has 0 saturated heterocycles. The van der Waals surface area contributed by atoms with Crippen molar-refractivity contribution in [3.63, 3.8) is 0 Å². The quantitative estimate of drug-likeness (QED) is 0.484. The fourth-order valence-electron chi connectivity index (χ4n) is 1.22. The molecule has 84 valence electrons. The van der Waals surface area contributed by atoms with Gasteiger partial charge in [-0.1, -0.05) is 0 Å². The molecule has 4 nitrogen and oxygen atoms in total. The second kappa shape index (κ2) is 6.27. The summed E-state index contributed by atoms with van der Waals surface area (Å²) in [4.78, 5) is 0. The van der Waals surface area contributed by atoms with E-state index in [0.29, 0.717) is 13.2 Å². The number of benzene rings is 1. The molecule has 1 aromatic rings. The van der Waals surface area contributed by atoms with Crippen LogP contribution in [0.5, 0.6) is 0 Å². The van der Waals surface area contributed by atoms with Crippen LogP contribution < -0.4 is 11.1 Å². The number of hydrogen-bond acceptors (Lipinski definition) is 4. The minimum Gasteiger partial charge on any atom is -0.399 e. The van der Waals surface area contributed by atoms with Gasteiger partial charge in [-0.05, 0) is 30.7 Å². The standard InChI is InChI=1S/C11H18N2O2/c1-9-8-10(2-3-11(9)12)13-4-6-15-7-5-14/h2-3,8,13-14H,4-7,12H2,1H3. The van der Waals surface area contributed by atoms with E-state index in [2.05, 4.69) is 5.32 Å². The van der Waals surface area contributed by atoms with Crippen LogP contribution in [-0.2, 0) is 4.74 Å². The first kappa shape index (κ1) is 11.8. The first-order chi connectivity index (χ1) is 7.24. The van der Waals surface area contributed by atoms with Crippen LogP contribution in [0.25, 0.3) is 0 Å². The summed E-state index contributed by atoms with van der Waals surface area (Å²) in [6.45, 7) is 3.75. The van der Waals surface area contributed by atoms with Crippen LogP contribution in [0.2, 0.25) is 0 Å². The van der Waals surface area contributed by atoms with E-state index in [0.717, 1.165) is 23.5 Å². The van der Waals surface area contributed by atoms with Crippen molar-refractivity contribution in [1.82, 2.24) is 0 Å². The summed E-state index contributed by atoms with van der Waals surface area (Å²) in [5, 5.41) is 11.7. The van der Waals surface area contributed by atoms with E-state index in [-0.39, 0.29) is 6.61 Å². The molecular weight excluding hydrogens is 192 g/mol. The Labute approximate surface area is 90.1 Å². The Morgan fingerprint density at radius 2 is 2.20 bits per heavy atom. The van der Waals surface area contributed by atoms with Gasteiger partial charge in [-0.3, -0.25) is 0 Å². The predicted octanol–water partition coefficient (Wildman–Crippen LogP) is 0.998. The molecule has 0 fully saturated rings. The zero-order valence-corrected chi connectivity index (χ0v) is 8.99. The lowest BCUT2D eigenvalue weighted by Crippen LogP contribution is -2.11. The Bertz CT molecular complexity index is 303. The maximum absolute atomic E-state index is 8.49. The van der Waals surface area contributed by atoms with Gasteiger partial charge in [-0.2, -0.15) is 0 Å². The number of hydrogen-bond donors (Lipinski definition) is 3. The Balaban J connectivity index is 2.28. The zero-order chi connectivity index (χ0) is 11.1. The molecule has 0 heterocycles. The van der Waals surface area contributed by atoms with Crippen molar-refractivity contribution in [1.29, 1.82) is 0 Å². The van der Waals surface area contributed by atoms with Gasteiger partial charge in [0.25, 0.3) is 0 Å². The molecule has 0 aliphatic rings. The first-order valence-corrected chi connectivity index (χ1v) is 5.02. The second-order valence-electron chi connectivity index (χ2n) is 3.33. The number of nitrogens with one attached hydrogen (secondary N) is 1. The molecule has 0 aliphatic carbocycles. The molecule has 4 heteroatoms. The number of rotatable bonds is 6. The SMILES string of the molecule is Cc1cc(NCCOCCO)ccc1N. The molecule has 4 N–H and O–H groups in total. The van der Waals surface area contributed by atoms with Crippen LogP contribution >= 0.6 is 0 Å². The van der Waals surface area contributed by atoms with Gasteiger partial charge in [-0.25, -0.2) is 0 Å². The van der Waals surface area contributed by atoms with Crippen molar-refractivity contribution >= 4 is 11.4 Å². The lowest BCUT2D eigenvalue weighted by atomic mass is 10.2. The summed E-state index contributed by atoms with van der Waals surface area (Å²) < 4.78 is 5.12. The van der Waals surface area contributed by atoms with Gasteiger partial charge in [0.15, 0.2) is 0 Å². The lowest BCUT2D eigenvalue weighted by molar-refractivity contribution is 0.0992. The van der Waals surface area contributed by atoms with Crippen LogP contribution in [0, 0.1) is 6.92 Å². The van der Waals surface area contributed by atoms with Crippen molar-refractivity contribution in [2.75, 3.05) is 37.4 Å². The number of nitrogen functional groups attached to an aromatic ring is 1. The number of ether oxygens (including phenoxy) is 1. The fraction of sp³-hybridized carbons (Fsp3) is 0.455. The van der Waals surface area contributed by atoms with Gasteiger partial charge in [0, 0.05) is 17.9 Å². The zero-order valence-electron chi connectivity index (χ0n) is 8.99. The molecule has 0 atom stereocenters. The van der Waals surface area contributed by atoms with Gasteiger partial charge < -0.3 is 20.9 Å². The Kier molecular flexibility index (Phi) is 4.93. The van der Waals surface area contributed by atoms with Crippen LogP contribution in [0.4, 0.5) is 11.4 Å². The third kappa shape index (κ3) is 4.18. The molecule has 0 radical (unpaired) electrons. The van der Waals surface area contributed by atoms with E-state index in [1.54, 1.807) is 0 Å². The van der Waals surface area contributed by atoms with Crippen molar-refractivity contribution in [2.45, 2.75) is 6.92 Å². The molecule has 0 aliphatic heterocycles. The van der Waals surface area contributed by atoms with E-state index >= 15 is 0 Å². The van der Waals surface area contributed by atoms with Gasteiger partial charge in [0.1, 0.15) is 0 Å². The van der Waals surface area contributed by atoms with Crippen molar-refractivity contribution in [2.24, 2.45) is 0 Å². The topological polar surface area (TPSA) is 67.5 Å². The summed E-state index contributed by atoms with van der Waals surface area (Å²) in [7, 11) is 0. The van der Waals surface area contributed by atoms with Crippen molar-refractivity contribution in [3.05, 3.63) is 23.8 Å². The van der Waals surface area contributed by atoms with Gasteiger partial charge in [-0.15, -0.1) is 0 Å². The molecule has 1 aromatic carbocycles. The molecule has 0 amide bonds. The molecule has 1 rings (SSSR count). The number of anilines is 2. The Hall–Kier alpha value is -1.26. The van der Waals surface area contributed by atoms with Gasteiger partial charge in [0.05, 0.1) is 19.8 Å². The van der Waals surface area contributed by atoms with E-state index in [1.165, 1.54) is 0 Å². The van der Waals surface area contributed by atoms with E-state index in [4.69, 9.17) is 15.6 Å². The first-order valence-electron chi connectivity index (χ1n) is 5.02. The van der Waals surface area contributed by atoms with Crippen LogP contribution in [-0.4, -0.2) is 31.5 Å². The highest BCUT2D eigenvalue weighted by atomic mass is 16.5. The minimum atomic E-state index is 0.0704. The summed E-state index contributed by atoms with van der Waals surface area (Å²) in [5.41, 5.74) is 8.61. The predicted molar refractivity (Wildman–Crippen MR) is 62.0 cm³/mol. The molecule has 0 aromatic heterocycles. The van der Waals surface area contributed by atoms with Crippen LogP contribution in [0.1, 0.15) is 5.56 Å². The molecule has 0 saturated carbocycles. The summed E-state index contributed by atoms with van der Waals surface area (Å²) >= 11 is 0. The second-order valence-corrected chi connectivity index (χ2v) is 3.33. The molecule has 15 heavy (non-hydrogen) atoms.